The summed E-state index contributed by atoms with van der Waals surface area (Å²) in [5, 5.41) is 9.56. The van der Waals surface area contributed by atoms with Crippen molar-refractivity contribution < 1.29 is 18.7 Å². The molecule has 1 N–H and O–H groups in total. The van der Waals surface area contributed by atoms with Crippen molar-refractivity contribution in [1.82, 2.24) is 9.97 Å². The largest absolute Gasteiger partial charge is 0.481 e. The number of H-pyrrole nitrogens is 1. The Labute approximate surface area is 162 Å². The van der Waals surface area contributed by atoms with E-state index in [0.29, 0.717) is 28.2 Å². The van der Waals surface area contributed by atoms with E-state index in [-0.39, 0.29) is 12.2 Å². The van der Waals surface area contributed by atoms with E-state index in [1.165, 1.54) is 25.3 Å². The fourth-order valence-electron chi connectivity index (χ4n) is 2.38. The number of methoxy groups -OCH3 is 1. The van der Waals surface area contributed by atoms with Crippen LogP contribution in [0.5, 0.6) is 5.75 Å². The van der Waals surface area contributed by atoms with Crippen LogP contribution in [0.15, 0.2) is 40.9 Å². The highest BCUT2D eigenvalue weighted by atomic mass is 79.9. The van der Waals surface area contributed by atoms with E-state index in [0.717, 1.165) is 4.47 Å². The fraction of sp³-hybridized carbons (Fsp3) is 0.105. The van der Waals surface area contributed by atoms with Crippen LogP contribution in [0.3, 0.4) is 0 Å². The van der Waals surface area contributed by atoms with Crippen molar-refractivity contribution in [2.45, 2.75) is 0 Å². The molecule has 0 radical (unpaired) electrons. The first-order chi connectivity index (χ1) is 13.0. The Hall–Kier alpha value is -3.18. The number of carbonyl (C=O) groups is 1. The van der Waals surface area contributed by atoms with Crippen molar-refractivity contribution in [3.63, 3.8) is 0 Å². The molecule has 0 fully saturated rings. The zero-order chi connectivity index (χ0) is 19.4. The summed E-state index contributed by atoms with van der Waals surface area (Å²) in [6.07, 6.45) is 1.57. The van der Waals surface area contributed by atoms with Crippen molar-refractivity contribution >= 4 is 44.6 Å². The number of fused-ring (bicyclic) bond motifs is 1. The summed E-state index contributed by atoms with van der Waals surface area (Å²) in [5.41, 5.74) is 1.83. The summed E-state index contributed by atoms with van der Waals surface area (Å²) in [4.78, 5) is 18.6. The number of hydrogen-bond acceptors (Lipinski definition) is 5. The standard InChI is InChI=1S/C19H13BrFN3O3/c1-26-18(25)10-27-17-5-2-13(20)7-11(17)6-12(9-22)19-23-15-4-3-14(21)8-16(15)24-19/h2-8H,10H2,1H3,(H,23,24)/b12-6-. The van der Waals surface area contributed by atoms with Crippen molar-refractivity contribution in [1.29, 1.82) is 5.26 Å². The van der Waals surface area contributed by atoms with E-state index >= 15 is 0 Å². The number of imidazole rings is 1. The van der Waals surface area contributed by atoms with Crippen molar-refractivity contribution in [2.24, 2.45) is 0 Å². The molecule has 136 valence electrons. The summed E-state index contributed by atoms with van der Waals surface area (Å²) >= 11 is 3.37. The van der Waals surface area contributed by atoms with Crippen LogP contribution in [0.1, 0.15) is 11.4 Å². The van der Waals surface area contributed by atoms with Gasteiger partial charge in [-0.1, -0.05) is 15.9 Å². The van der Waals surface area contributed by atoms with Gasteiger partial charge in [0.2, 0.25) is 0 Å². The van der Waals surface area contributed by atoms with Crippen molar-refractivity contribution in [3.05, 3.63) is 58.1 Å². The minimum Gasteiger partial charge on any atom is -0.481 e. The summed E-state index contributed by atoms with van der Waals surface area (Å²) in [7, 11) is 1.27. The van der Waals surface area contributed by atoms with Crippen LogP contribution >= 0.6 is 15.9 Å². The average molecular weight is 430 g/mol. The first kappa shape index (κ1) is 18.6. The number of nitrogens with one attached hydrogen (secondary N) is 1. The zero-order valence-electron chi connectivity index (χ0n) is 14.1. The van der Waals surface area contributed by atoms with Crippen LogP contribution in [0.4, 0.5) is 4.39 Å². The van der Waals surface area contributed by atoms with Gasteiger partial charge in [0, 0.05) is 10.0 Å². The molecule has 0 aliphatic rings. The Kier molecular flexibility index (Phi) is 5.52. The number of nitriles is 1. The summed E-state index contributed by atoms with van der Waals surface area (Å²) in [5.74, 6) is -0.214. The van der Waals surface area contributed by atoms with Gasteiger partial charge in [-0.15, -0.1) is 0 Å². The number of hydrogen-bond donors (Lipinski definition) is 1. The maximum absolute atomic E-state index is 13.4. The van der Waals surface area contributed by atoms with Gasteiger partial charge in [-0.2, -0.15) is 5.26 Å². The van der Waals surface area contributed by atoms with Gasteiger partial charge in [0.05, 0.1) is 23.7 Å². The molecular formula is C19H13BrFN3O3. The summed E-state index contributed by atoms with van der Waals surface area (Å²) in [6, 6.07) is 11.4. The average Bonchev–Trinajstić information content (AvgIpc) is 3.07. The molecule has 3 rings (SSSR count). The first-order valence-corrected chi connectivity index (χ1v) is 8.56. The Bertz CT molecular complexity index is 1090. The van der Waals surface area contributed by atoms with E-state index < -0.39 is 11.8 Å². The van der Waals surface area contributed by atoms with E-state index in [1.807, 2.05) is 0 Å². The Balaban J connectivity index is 2.00. The molecule has 0 unspecified atom stereocenters. The molecule has 0 aliphatic carbocycles. The minimum absolute atomic E-state index is 0.229. The highest BCUT2D eigenvalue weighted by Gasteiger charge is 2.12. The zero-order valence-corrected chi connectivity index (χ0v) is 15.7. The molecule has 0 atom stereocenters. The molecule has 0 saturated heterocycles. The first-order valence-electron chi connectivity index (χ1n) is 7.77. The van der Waals surface area contributed by atoms with Crippen LogP contribution in [-0.2, 0) is 9.53 Å². The number of ether oxygens (including phenoxy) is 2. The van der Waals surface area contributed by atoms with E-state index in [4.69, 9.17) is 4.74 Å². The molecule has 0 bridgehead atoms. The Morgan fingerprint density at radius 2 is 2.19 bits per heavy atom. The van der Waals surface area contributed by atoms with Crippen molar-refractivity contribution in [3.8, 4) is 11.8 Å². The molecule has 6 nitrogen and oxygen atoms in total. The van der Waals surface area contributed by atoms with Gasteiger partial charge < -0.3 is 14.5 Å². The normalized spacial score (nSPS) is 11.3. The lowest BCUT2D eigenvalue weighted by molar-refractivity contribution is -0.142. The number of aromatic amines is 1. The quantitative estimate of drug-likeness (QED) is 0.487. The van der Waals surface area contributed by atoms with Gasteiger partial charge in [-0.25, -0.2) is 14.2 Å². The van der Waals surface area contributed by atoms with Gasteiger partial charge in [0.1, 0.15) is 23.5 Å². The molecule has 0 aliphatic heterocycles. The van der Waals surface area contributed by atoms with Gasteiger partial charge in [0.15, 0.2) is 6.61 Å². The summed E-state index contributed by atoms with van der Waals surface area (Å²) in [6.45, 7) is -0.259. The Morgan fingerprint density at radius 3 is 2.93 bits per heavy atom. The second kappa shape index (κ2) is 8.01. The monoisotopic (exact) mass is 429 g/mol. The molecule has 1 heterocycles. The van der Waals surface area contributed by atoms with E-state index in [1.54, 1.807) is 24.3 Å². The smallest absolute Gasteiger partial charge is 0.343 e. The van der Waals surface area contributed by atoms with Crippen molar-refractivity contribution in [2.75, 3.05) is 13.7 Å². The third-order valence-electron chi connectivity index (χ3n) is 3.66. The van der Waals surface area contributed by atoms with Crippen LogP contribution in [-0.4, -0.2) is 29.7 Å². The number of carbonyl (C=O) groups excluding carboxylic acids is 1. The predicted octanol–water partition coefficient (Wildman–Crippen LogP) is 4.08. The van der Waals surface area contributed by atoms with Crippen LogP contribution in [0, 0.1) is 17.1 Å². The molecule has 3 aromatic rings. The lowest BCUT2D eigenvalue weighted by Crippen LogP contribution is -2.13. The second-order valence-corrected chi connectivity index (χ2v) is 6.38. The number of aromatic nitrogens is 2. The summed E-state index contributed by atoms with van der Waals surface area (Å²) < 4.78 is 24.2. The molecule has 27 heavy (non-hydrogen) atoms. The van der Waals surface area contributed by atoms with E-state index in [9.17, 15) is 14.4 Å². The predicted molar refractivity (Wildman–Crippen MR) is 101 cm³/mol. The van der Waals surface area contributed by atoms with Crippen LogP contribution < -0.4 is 4.74 Å². The third kappa shape index (κ3) is 4.33. The lowest BCUT2D eigenvalue weighted by Gasteiger charge is -2.09. The van der Waals surface area contributed by atoms with Crippen LogP contribution in [0.2, 0.25) is 0 Å². The van der Waals surface area contributed by atoms with Gasteiger partial charge in [-0.3, -0.25) is 0 Å². The minimum atomic E-state index is -0.521. The highest BCUT2D eigenvalue weighted by Crippen LogP contribution is 2.28. The molecule has 0 amide bonds. The molecule has 2 aromatic carbocycles. The lowest BCUT2D eigenvalue weighted by atomic mass is 10.1. The topological polar surface area (TPSA) is 88.0 Å². The number of allylic oxidation sites excluding steroid dienone is 1. The fourth-order valence-corrected chi connectivity index (χ4v) is 2.76. The van der Waals surface area contributed by atoms with Gasteiger partial charge in [-0.05, 0) is 42.5 Å². The Morgan fingerprint density at radius 1 is 1.37 bits per heavy atom. The molecule has 0 spiro atoms. The van der Waals surface area contributed by atoms with Crippen LogP contribution in [0.25, 0.3) is 22.7 Å². The number of esters is 1. The second-order valence-electron chi connectivity index (χ2n) is 5.46. The molecule has 0 saturated carbocycles. The van der Waals surface area contributed by atoms with Gasteiger partial charge in [0.25, 0.3) is 0 Å². The SMILES string of the molecule is COC(=O)COc1ccc(Br)cc1/C=C(/C#N)c1nc2ccc(F)cc2[nH]1. The molecule has 8 heteroatoms. The third-order valence-corrected chi connectivity index (χ3v) is 4.16. The maximum Gasteiger partial charge on any atom is 0.343 e. The molecule has 1 aromatic heterocycles. The number of halogens is 2. The number of rotatable bonds is 5. The number of nitrogens with zero attached hydrogens (tertiary/aromatic N) is 2. The number of benzene rings is 2. The van der Waals surface area contributed by atoms with Gasteiger partial charge >= 0.3 is 5.97 Å². The highest BCUT2D eigenvalue weighted by molar-refractivity contribution is 9.10. The maximum atomic E-state index is 13.4. The van der Waals surface area contributed by atoms with E-state index in [2.05, 4.69) is 36.7 Å². The molecular weight excluding hydrogens is 417 g/mol.